The first kappa shape index (κ1) is 19.6. The smallest absolute Gasteiger partial charge is 0.335 e. The first-order valence-electron chi connectivity index (χ1n) is 9.34. The Morgan fingerprint density at radius 1 is 1.11 bits per heavy atom. The van der Waals surface area contributed by atoms with E-state index in [1.807, 2.05) is 12.1 Å². The highest BCUT2D eigenvalue weighted by Crippen LogP contribution is 2.46. The maximum absolute atomic E-state index is 11.2. The predicted molar refractivity (Wildman–Crippen MR) is 113 cm³/mol. The Morgan fingerprint density at radius 3 is 2.22 bits per heavy atom. The second kappa shape index (κ2) is 6.79. The first-order valence-corrected chi connectivity index (χ1v) is 10.2. The fourth-order valence-corrected chi connectivity index (χ4v) is 4.66. The number of hydrogen-bond acceptors (Lipinski definition) is 4. The van der Waals surface area contributed by atoms with Crippen LogP contribution in [0, 0.1) is 5.92 Å². The van der Waals surface area contributed by atoms with Crippen molar-refractivity contribution in [2.75, 3.05) is 11.4 Å². The number of carboxylic acid groups (broad SMARTS) is 1. The Labute approximate surface area is 165 Å². The molecule has 3 rings (SSSR count). The summed E-state index contributed by atoms with van der Waals surface area (Å²) in [6.07, 6.45) is 4.54. The van der Waals surface area contributed by atoms with E-state index in [0.717, 1.165) is 23.1 Å². The summed E-state index contributed by atoms with van der Waals surface area (Å²) in [6.45, 7) is 14.1. The van der Waals surface area contributed by atoms with Crippen LogP contribution < -0.4 is 4.90 Å². The minimum atomic E-state index is -0.906. The monoisotopic (exact) mass is 384 g/mol. The number of aromatic carboxylic acids is 1. The van der Waals surface area contributed by atoms with E-state index in [0.29, 0.717) is 11.5 Å². The molecule has 0 fully saturated rings. The van der Waals surface area contributed by atoms with Crippen molar-refractivity contribution in [1.29, 1.82) is 0 Å². The third-order valence-corrected chi connectivity index (χ3v) is 6.35. The molecule has 2 aromatic rings. The Balaban J connectivity index is 2.07. The van der Waals surface area contributed by atoms with Crippen LogP contribution in [0.25, 0.3) is 0 Å². The van der Waals surface area contributed by atoms with Crippen molar-refractivity contribution in [2.24, 2.45) is 5.92 Å². The Bertz CT molecular complexity index is 841. The molecule has 1 aliphatic carbocycles. The van der Waals surface area contributed by atoms with Crippen LogP contribution in [0.4, 0.5) is 10.8 Å². The maximum Gasteiger partial charge on any atom is 0.335 e. The zero-order valence-corrected chi connectivity index (χ0v) is 17.7. The standard InChI is InChI=1S/C22H28N2O2S/c1-14(2)13-24(16-9-7-15(8-10-16)19(25)26)20-23-17-18(27-20)22(5,6)12-11-21(17,3)4/h7-12,14H,13H2,1-6H3,(H,25,26). The van der Waals surface area contributed by atoms with Crippen LogP contribution >= 0.6 is 11.3 Å². The fourth-order valence-electron chi connectivity index (χ4n) is 3.31. The second-order valence-corrected chi connectivity index (χ2v) is 9.78. The van der Waals surface area contributed by atoms with Gasteiger partial charge >= 0.3 is 5.97 Å². The van der Waals surface area contributed by atoms with Crippen LogP contribution in [0.3, 0.4) is 0 Å². The minimum absolute atomic E-state index is 0.0303. The van der Waals surface area contributed by atoms with Gasteiger partial charge in [-0.15, -0.1) is 11.3 Å². The average molecular weight is 385 g/mol. The molecule has 0 saturated heterocycles. The Morgan fingerprint density at radius 2 is 1.70 bits per heavy atom. The average Bonchev–Trinajstić information content (AvgIpc) is 3.05. The van der Waals surface area contributed by atoms with Crippen LogP contribution in [0.15, 0.2) is 36.4 Å². The molecule has 1 heterocycles. The molecule has 0 amide bonds. The number of carboxylic acids is 1. The van der Waals surface area contributed by atoms with Crippen LogP contribution in [0.5, 0.6) is 0 Å². The van der Waals surface area contributed by atoms with Crippen molar-refractivity contribution in [2.45, 2.75) is 52.4 Å². The molecule has 5 heteroatoms. The van der Waals surface area contributed by atoms with E-state index >= 15 is 0 Å². The molecular weight excluding hydrogens is 356 g/mol. The molecule has 0 aliphatic heterocycles. The van der Waals surface area contributed by atoms with Crippen molar-refractivity contribution in [3.8, 4) is 0 Å². The van der Waals surface area contributed by atoms with Gasteiger partial charge in [0.25, 0.3) is 0 Å². The van der Waals surface area contributed by atoms with Crippen molar-refractivity contribution in [3.63, 3.8) is 0 Å². The Kier molecular flexibility index (Phi) is 4.93. The molecule has 27 heavy (non-hydrogen) atoms. The molecule has 1 aromatic carbocycles. The molecule has 1 aromatic heterocycles. The topological polar surface area (TPSA) is 53.4 Å². The number of anilines is 2. The van der Waals surface area contributed by atoms with Gasteiger partial charge in [-0.3, -0.25) is 0 Å². The van der Waals surface area contributed by atoms with Gasteiger partial charge < -0.3 is 10.0 Å². The highest BCUT2D eigenvalue weighted by molar-refractivity contribution is 7.16. The van der Waals surface area contributed by atoms with Crippen molar-refractivity contribution in [3.05, 3.63) is 52.6 Å². The third-order valence-electron chi connectivity index (χ3n) is 4.93. The van der Waals surface area contributed by atoms with Crippen LogP contribution in [-0.4, -0.2) is 22.6 Å². The number of hydrogen-bond donors (Lipinski definition) is 1. The van der Waals surface area contributed by atoms with E-state index in [4.69, 9.17) is 4.98 Å². The zero-order chi connectivity index (χ0) is 20.0. The van der Waals surface area contributed by atoms with Crippen molar-refractivity contribution >= 4 is 28.1 Å². The largest absolute Gasteiger partial charge is 0.478 e. The number of allylic oxidation sites excluding steroid dienone is 2. The van der Waals surface area contributed by atoms with Crippen LogP contribution in [0.2, 0.25) is 0 Å². The van der Waals surface area contributed by atoms with E-state index in [9.17, 15) is 9.90 Å². The normalized spacial score (nSPS) is 17.0. The molecular formula is C22H28N2O2S. The SMILES string of the molecule is CC(C)CN(c1ccc(C(=O)O)cc1)c1nc2c(s1)C(C)(C)C=CC2(C)C. The number of rotatable bonds is 5. The summed E-state index contributed by atoms with van der Waals surface area (Å²) in [5.41, 5.74) is 2.30. The van der Waals surface area contributed by atoms with Gasteiger partial charge in [-0.2, -0.15) is 0 Å². The molecule has 0 bridgehead atoms. The van der Waals surface area contributed by atoms with Gasteiger partial charge in [-0.1, -0.05) is 53.7 Å². The van der Waals surface area contributed by atoms with E-state index in [-0.39, 0.29) is 10.8 Å². The highest BCUT2D eigenvalue weighted by Gasteiger charge is 2.37. The van der Waals surface area contributed by atoms with E-state index < -0.39 is 5.97 Å². The van der Waals surface area contributed by atoms with Crippen LogP contribution in [0.1, 0.15) is 62.5 Å². The first-order chi connectivity index (χ1) is 12.5. The lowest BCUT2D eigenvalue weighted by Crippen LogP contribution is -2.28. The number of nitrogens with zero attached hydrogens (tertiary/aromatic N) is 2. The molecule has 0 unspecified atom stereocenters. The number of aromatic nitrogens is 1. The summed E-state index contributed by atoms with van der Waals surface area (Å²) >= 11 is 1.75. The lowest BCUT2D eigenvalue weighted by Gasteiger charge is -2.32. The number of benzene rings is 1. The molecule has 0 saturated carbocycles. The van der Waals surface area contributed by atoms with Gasteiger partial charge in [0.05, 0.1) is 11.3 Å². The molecule has 1 aliphatic rings. The quantitative estimate of drug-likeness (QED) is 0.666. The van der Waals surface area contributed by atoms with Gasteiger partial charge in [-0.05, 0) is 30.2 Å². The summed E-state index contributed by atoms with van der Waals surface area (Å²) in [5, 5.41) is 10.1. The fraction of sp³-hybridized carbons (Fsp3) is 0.455. The second-order valence-electron chi connectivity index (χ2n) is 8.81. The lowest BCUT2D eigenvalue weighted by molar-refractivity contribution is 0.0697. The molecule has 144 valence electrons. The zero-order valence-electron chi connectivity index (χ0n) is 16.9. The van der Waals surface area contributed by atoms with Gasteiger partial charge in [0.15, 0.2) is 5.13 Å². The Hall–Kier alpha value is -2.14. The highest BCUT2D eigenvalue weighted by atomic mass is 32.1. The van der Waals surface area contributed by atoms with E-state index in [1.165, 1.54) is 4.88 Å². The van der Waals surface area contributed by atoms with Gasteiger partial charge in [0.1, 0.15) is 0 Å². The van der Waals surface area contributed by atoms with Crippen LogP contribution in [-0.2, 0) is 10.8 Å². The number of thiazole rings is 1. The summed E-state index contributed by atoms with van der Waals surface area (Å²) < 4.78 is 0. The number of carbonyl (C=O) groups is 1. The van der Waals surface area contributed by atoms with Gasteiger partial charge in [0.2, 0.25) is 0 Å². The van der Waals surface area contributed by atoms with Gasteiger partial charge in [0, 0.05) is 27.9 Å². The molecule has 0 radical (unpaired) electrons. The summed E-state index contributed by atoms with van der Waals surface area (Å²) in [5.74, 6) is -0.458. The molecule has 0 spiro atoms. The maximum atomic E-state index is 11.2. The van der Waals surface area contributed by atoms with E-state index in [1.54, 1.807) is 23.5 Å². The summed E-state index contributed by atoms with van der Waals surface area (Å²) in [7, 11) is 0. The molecule has 4 nitrogen and oxygen atoms in total. The third kappa shape index (κ3) is 3.79. The number of fused-ring (bicyclic) bond motifs is 1. The summed E-state index contributed by atoms with van der Waals surface area (Å²) in [6, 6.07) is 7.07. The van der Waals surface area contributed by atoms with Crippen molar-refractivity contribution in [1.82, 2.24) is 4.98 Å². The van der Waals surface area contributed by atoms with Crippen molar-refractivity contribution < 1.29 is 9.90 Å². The minimum Gasteiger partial charge on any atom is -0.478 e. The van der Waals surface area contributed by atoms with Gasteiger partial charge in [-0.25, -0.2) is 9.78 Å². The summed E-state index contributed by atoms with van der Waals surface area (Å²) in [4.78, 5) is 19.8. The molecule has 1 N–H and O–H groups in total. The lowest BCUT2D eigenvalue weighted by atomic mass is 9.75. The predicted octanol–water partition coefficient (Wildman–Crippen LogP) is 5.76. The van der Waals surface area contributed by atoms with E-state index in [2.05, 4.69) is 58.6 Å². The molecule has 0 atom stereocenters.